The number of carbonyl (C=O) groups excluding carboxylic acids is 1. The minimum Gasteiger partial charge on any atom is -0.444 e. The maximum absolute atomic E-state index is 11.6. The first-order valence-corrected chi connectivity index (χ1v) is 6.33. The highest BCUT2D eigenvalue weighted by Crippen LogP contribution is 2.18. The molecule has 0 saturated carbocycles. The van der Waals surface area contributed by atoms with Gasteiger partial charge in [0.25, 0.3) is 5.69 Å². The molecule has 2 rings (SSSR count). The van der Waals surface area contributed by atoms with Crippen LogP contribution in [0, 0.1) is 10.1 Å². The van der Waals surface area contributed by atoms with E-state index in [0.717, 1.165) is 5.56 Å². The van der Waals surface area contributed by atoms with Gasteiger partial charge in [0.05, 0.1) is 10.5 Å². The van der Waals surface area contributed by atoms with Crippen LogP contribution in [0.15, 0.2) is 54.6 Å². The van der Waals surface area contributed by atoms with Crippen molar-refractivity contribution >= 4 is 11.8 Å². The predicted molar refractivity (Wildman–Crippen MR) is 76.6 cm³/mol. The molecule has 0 unspecified atom stereocenters. The van der Waals surface area contributed by atoms with E-state index < -0.39 is 11.0 Å². The van der Waals surface area contributed by atoms with Crippen LogP contribution in [-0.4, -0.2) is 11.0 Å². The number of ether oxygens (including phenoxy) is 1. The van der Waals surface area contributed by atoms with Gasteiger partial charge in [0.2, 0.25) is 0 Å². The summed E-state index contributed by atoms with van der Waals surface area (Å²) in [6.07, 6.45) is -0.614. The third kappa shape index (κ3) is 4.31. The molecule has 6 heteroatoms. The number of carbonyl (C=O) groups is 1. The molecule has 0 spiro atoms. The summed E-state index contributed by atoms with van der Waals surface area (Å²) in [7, 11) is 0. The molecule has 0 aliphatic carbocycles. The van der Waals surface area contributed by atoms with E-state index in [0.29, 0.717) is 12.1 Å². The first-order chi connectivity index (χ1) is 10.2. The number of nitrogens with one attached hydrogen (secondary N) is 1. The Morgan fingerprint density at radius 1 is 1.10 bits per heavy atom. The van der Waals surface area contributed by atoms with Crippen molar-refractivity contribution in [3.8, 4) is 0 Å². The first kappa shape index (κ1) is 14.5. The molecule has 0 heterocycles. The zero-order chi connectivity index (χ0) is 15.1. The van der Waals surface area contributed by atoms with Crippen molar-refractivity contribution in [2.75, 3.05) is 0 Å². The molecule has 0 radical (unpaired) electrons. The molecule has 0 saturated heterocycles. The molecule has 6 nitrogen and oxygen atoms in total. The normalized spacial score (nSPS) is 9.90. The van der Waals surface area contributed by atoms with Crippen molar-refractivity contribution in [1.82, 2.24) is 5.32 Å². The lowest BCUT2D eigenvalue weighted by Gasteiger charge is -2.07. The maximum atomic E-state index is 11.6. The number of benzene rings is 2. The summed E-state index contributed by atoms with van der Waals surface area (Å²) in [6, 6.07) is 15.5. The van der Waals surface area contributed by atoms with Crippen LogP contribution in [0.1, 0.15) is 11.1 Å². The summed E-state index contributed by atoms with van der Waals surface area (Å²) in [6.45, 7) is 0.203. The zero-order valence-corrected chi connectivity index (χ0v) is 11.2. The summed E-state index contributed by atoms with van der Waals surface area (Å²) in [5, 5.41) is 13.4. The van der Waals surface area contributed by atoms with Gasteiger partial charge in [0, 0.05) is 12.6 Å². The molecule has 2 aromatic carbocycles. The fourth-order valence-corrected chi connectivity index (χ4v) is 1.78. The van der Waals surface area contributed by atoms with Crippen LogP contribution >= 0.6 is 0 Å². The SMILES string of the molecule is O=C(NCc1ccccc1)OCc1ccccc1[N+](=O)[O-]. The summed E-state index contributed by atoms with van der Waals surface area (Å²) in [5.41, 5.74) is 1.24. The average Bonchev–Trinajstić information content (AvgIpc) is 2.52. The molecule has 0 bridgehead atoms. The van der Waals surface area contributed by atoms with E-state index in [1.54, 1.807) is 18.2 Å². The van der Waals surface area contributed by atoms with Crippen LogP contribution in [0.25, 0.3) is 0 Å². The Morgan fingerprint density at radius 2 is 1.76 bits per heavy atom. The maximum Gasteiger partial charge on any atom is 0.407 e. The molecule has 2 aromatic rings. The average molecular weight is 286 g/mol. The summed E-state index contributed by atoms with van der Waals surface area (Å²) >= 11 is 0. The van der Waals surface area contributed by atoms with Gasteiger partial charge in [0.15, 0.2) is 0 Å². The highest BCUT2D eigenvalue weighted by atomic mass is 16.6. The number of hydrogen-bond donors (Lipinski definition) is 1. The second-order valence-corrected chi connectivity index (χ2v) is 4.30. The van der Waals surface area contributed by atoms with E-state index in [-0.39, 0.29) is 12.3 Å². The first-order valence-electron chi connectivity index (χ1n) is 6.33. The fraction of sp³-hybridized carbons (Fsp3) is 0.133. The number of rotatable bonds is 5. The number of alkyl carbamates (subject to hydrolysis) is 1. The third-order valence-electron chi connectivity index (χ3n) is 2.83. The quantitative estimate of drug-likeness (QED) is 0.676. The van der Waals surface area contributed by atoms with Gasteiger partial charge < -0.3 is 10.1 Å². The number of para-hydroxylation sites is 1. The number of nitro benzene ring substituents is 1. The minimum atomic E-state index is -0.614. The Labute approximate surface area is 121 Å². The Balaban J connectivity index is 1.86. The van der Waals surface area contributed by atoms with E-state index in [1.165, 1.54) is 6.07 Å². The second kappa shape index (κ2) is 7.04. The van der Waals surface area contributed by atoms with Gasteiger partial charge in [-0.25, -0.2) is 4.79 Å². The summed E-state index contributed by atoms with van der Waals surface area (Å²) < 4.78 is 4.99. The van der Waals surface area contributed by atoms with Crippen LogP contribution < -0.4 is 5.32 Å². The molecular weight excluding hydrogens is 272 g/mol. The van der Waals surface area contributed by atoms with Crippen LogP contribution in [-0.2, 0) is 17.9 Å². The topological polar surface area (TPSA) is 81.5 Å². The lowest BCUT2D eigenvalue weighted by Crippen LogP contribution is -2.23. The minimum absolute atomic E-state index is 0.0617. The third-order valence-corrected chi connectivity index (χ3v) is 2.83. The molecule has 0 atom stereocenters. The van der Waals surface area contributed by atoms with E-state index in [2.05, 4.69) is 5.32 Å². The molecule has 21 heavy (non-hydrogen) atoms. The van der Waals surface area contributed by atoms with Gasteiger partial charge in [0.1, 0.15) is 6.61 Å². The monoisotopic (exact) mass is 286 g/mol. The number of amides is 1. The van der Waals surface area contributed by atoms with Crippen molar-refractivity contribution in [2.24, 2.45) is 0 Å². The highest BCUT2D eigenvalue weighted by Gasteiger charge is 2.13. The zero-order valence-electron chi connectivity index (χ0n) is 11.2. The van der Waals surface area contributed by atoms with Crippen molar-refractivity contribution in [3.63, 3.8) is 0 Å². The molecule has 1 amide bonds. The molecule has 0 aromatic heterocycles. The largest absolute Gasteiger partial charge is 0.444 e. The lowest BCUT2D eigenvalue weighted by molar-refractivity contribution is -0.385. The van der Waals surface area contributed by atoms with E-state index in [1.807, 2.05) is 30.3 Å². The van der Waals surface area contributed by atoms with Crippen molar-refractivity contribution < 1.29 is 14.5 Å². The second-order valence-electron chi connectivity index (χ2n) is 4.30. The fourth-order valence-electron chi connectivity index (χ4n) is 1.78. The Bertz CT molecular complexity index is 629. The van der Waals surface area contributed by atoms with Crippen LogP contribution in [0.5, 0.6) is 0 Å². The Morgan fingerprint density at radius 3 is 2.48 bits per heavy atom. The van der Waals surface area contributed by atoms with Gasteiger partial charge in [-0.05, 0) is 11.6 Å². The van der Waals surface area contributed by atoms with Crippen LogP contribution in [0.3, 0.4) is 0 Å². The van der Waals surface area contributed by atoms with Crippen molar-refractivity contribution in [1.29, 1.82) is 0 Å². The Kier molecular flexibility index (Phi) is 4.87. The van der Waals surface area contributed by atoms with Crippen molar-refractivity contribution in [2.45, 2.75) is 13.2 Å². The van der Waals surface area contributed by atoms with Gasteiger partial charge in [-0.2, -0.15) is 0 Å². The lowest BCUT2D eigenvalue weighted by atomic mass is 10.2. The van der Waals surface area contributed by atoms with Gasteiger partial charge in [-0.15, -0.1) is 0 Å². The van der Waals surface area contributed by atoms with E-state index >= 15 is 0 Å². The molecule has 108 valence electrons. The number of hydrogen-bond acceptors (Lipinski definition) is 4. The van der Waals surface area contributed by atoms with Gasteiger partial charge in [-0.3, -0.25) is 10.1 Å². The van der Waals surface area contributed by atoms with Crippen LogP contribution in [0.2, 0.25) is 0 Å². The predicted octanol–water partition coefficient (Wildman–Crippen LogP) is 3.02. The molecule has 0 fully saturated rings. The standard InChI is InChI=1S/C15H14N2O4/c18-15(16-10-12-6-2-1-3-7-12)21-11-13-8-4-5-9-14(13)17(19)20/h1-9H,10-11H2,(H,16,18). The Hall–Kier alpha value is -2.89. The molecule has 0 aliphatic heterocycles. The summed E-state index contributed by atoms with van der Waals surface area (Å²) in [4.78, 5) is 21.9. The van der Waals surface area contributed by atoms with Gasteiger partial charge >= 0.3 is 6.09 Å². The highest BCUT2D eigenvalue weighted by molar-refractivity contribution is 5.67. The van der Waals surface area contributed by atoms with Gasteiger partial charge in [-0.1, -0.05) is 42.5 Å². The molecular formula is C15H14N2O4. The van der Waals surface area contributed by atoms with Crippen molar-refractivity contribution in [3.05, 3.63) is 75.8 Å². The summed E-state index contributed by atoms with van der Waals surface area (Å²) in [5.74, 6) is 0. The van der Waals surface area contributed by atoms with E-state index in [9.17, 15) is 14.9 Å². The van der Waals surface area contributed by atoms with E-state index in [4.69, 9.17) is 4.74 Å². The molecule has 0 aliphatic rings. The smallest absolute Gasteiger partial charge is 0.407 e. The molecule has 1 N–H and O–H groups in total. The van der Waals surface area contributed by atoms with Crippen LogP contribution in [0.4, 0.5) is 10.5 Å². The number of nitro groups is 1. The number of nitrogens with zero attached hydrogens (tertiary/aromatic N) is 1.